The third-order valence-electron chi connectivity index (χ3n) is 13.9. The minimum Gasteiger partial charge on any atom is -0.506 e. The summed E-state index contributed by atoms with van der Waals surface area (Å²) in [6, 6.07) is 54.3. The van der Waals surface area contributed by atoms with E-state index in [2.05, 4.69) is 21.3 Å². The van der Waals surface area contributed by atoms with Crippen LogP contribution < -0.4 is 21.3 Å². The highest BCUT2D eigenvalue weighted by molar-refractivity contribution is 7.99. The van der Waals surface area contributed by atoms with Crippen LogP contribution in [0.3, 0.4) is 0 Å². The molecule has 2 amide bonds. The van der Waals surface area contributed by atoms with Gasteiger partial charge in [-0.25, -0.2) is 0 Å². The van der Waals surface area contributed by atoms with Crippen molar-refractivity contribution < 1.29 is 39.0 Å². The number of Topliss-reactive ketones (excluding diaryl/α,β-unsaturated/α-hetero) is 4. The number of aliphatic hydroxyl groups excluding tert-OH is 2. The van der Waals surface area contributed by atoms with Gasteiger partial charge in [-0.1, -0.05) is 91.1 Å². The van der Waals surface area contributed by atoms with Crippen molar-refractivity contribution in [3.05, 3.63) is 272 Å². The van der Waals surface area contributed by atoms with Crippen molar-refractivity contribution in [1.82, 2.24) is 0 Å². The first-order valence-corrected chi connectivity index (χ1v) is 26.3. The molecule has 2 heterocycles. The second-order valence-corrected chi connectivity index (χ2v) is 21.1. The quantitative estimate of drug-likeness (QED) is 0.0562. The smallest absolute Gasteiger partial charge is 0.255 e. The fourth-order valence-electron chi connectivity index (χ4n) is 9.85. The van der Waals surface area contributed by atoms with E-state index < -0.39 is 34.9 Å². The highest BCUT2D eigenvalue weighted by Gasteiger charge is 2.40. The number of carbonyl (C=O) groups excluding carboxylic acids is 6. The van der Waals surface area contributed by atoms with Gasteiger partial charge in [0.2, 0.25) is 0 Å². The molecule has 0 aromatic heterocycles. The monoisotopic (exact) mass is 1060 g/mol. The molecular formula is C64H42N4O8S2. The average Bonchev–Trinajstić information content (AvgIpc) is 4.01. The highest BCUT2D eigenvalue weighted by atomic mass is 32.2. The van der Waals surface area contributed by atoms with Crippen LogP contribution in [0.15, 0.2) is 236 Å². The van der Waals surface area contributed by atoms with E-state index in [9.17, 15) is 39.0 Å². The van der Waals surface area contributed by atoms with Crippen molar-refractivity contribution in [2.45, 2.75) is 32.4 Å². The van der Waals surface area contributed by atoms with E-state index in [-0.39, 0.29) is 73.4 Å². The van der Waals surface area contributed by atoms with Crippen LogP contribution >= 0.6 is 23.5 Å². The second kappa shape index (κ2) is 20.1. The lowest BCUT2D eigenvalue weighted by Gasteiger charge is -2.20. The molecule has 78 heavy (non-hydrogen) atoms. The Balaban J connectivity index is 0.703. The summed E-state index contributed by atoms with van der Waals surface area (Å²) in [4.78, 5) is 86.8. The number of anilines is 4. The molecule has 4 aliphatic rings. The predicted molar refractivity (Wildman–Crippen MR) is 303 cm³/mol. The molecule has 2 aliphatic heterocycles. The Labute approximate surface area is 455 Å². The number of hydrogen-bond donors (Lipinski definition) is 6. The summed E-state index contributed by atoms with van der Waals surface area (Å²) in [5.74, 6) is -4.09. The van der Waals surface area contributed by atoms with E-state index in [0.717, 1.165) is 30.7 Å². The summed E-state index contributed by atoms with van der Waals surface area (Å²) in [6.45, 7) is 1.98. The number of amides is 2. The maximum Gasteiger partial charge on any atom is 0.255 e. The van der Waals surface area contributed by atoms with E-state index in [1.165, 1.54) is 48.6 Å². The van der Waals surface area contributed by atoms with Gasteiger partial charge in [0.15, 0.2) is 23.1 Å². The number of benzene rings is 8. The number of allylic oxidation sites excluding steroid dienone is 2. The Bertz CT molecular complexity index is 3830. The minimum absolute atomic E-state index is 0.000931. The molecule has 378 valence electrons. The molecule has 0 saturated carbocycles. The van der Waals surface area contributed by atoms with Crippen LogP contribution in [0.2, 0.25) is 0 Å². The topological polar surface area (TPSA) is 191 Å². The normalized spacial score (nSPS) is 16.1. The first-order valence-electron chi connectivity index (χ1n) is 24.7. The predicted octanol–water partition coefficient (Wildman–Crippen LogP) is 14.0. The molecule has 8 aromatic rings. The zero-order chi connectivity index (χ0) is 53.8. The van der Waals surface area contributed by atoms with Gasteiger partial charge < -0.3 is 31.5 Å². The van der Waals surface area contributed by atoms with Crippen molar-refractivity contribution in [3.63, 3.8) is 0 Å². The van der Waals surface area contributed by atoms with Gasteiger partial charge in [-0.05, 0) is 145 Å². The first-order chi connectivity index (χ1) is 37.8. The minimum atomic E-state index is -0.612. The summed E-state index contributed by atoms with van der Waals surface area (Å²) in [7, 11) is 0. The Hall–Kier alpha value is -9.76. The van der Waals surface area contributed by atoms with Gasteiger partial charge in [0.25, 0.3) is 11.8 Å². The molecular weight excluding hydrogens is 1020 g/mol. The Morgan fingerprint density at radius 2 is 0.846 bits per heavy atom. The lowest BCUT2D eigenvalue weighted by Crippen LogP contribution is -2.16. The van der Waals surface area contributed by atoms with Crippen LogP contribution in [0.4, 0.5) is 22.7 Å². The molecule has 0 bridgehead atoms. The number of nitrogens with one attached hydrogen (secondary N) is 4. The maximum atomic E-state index is 13.9. The summed E-state index contributed by atoms with van der Waals surface area (Å²) in [5.41, 5.74) is 5.52. The van der Waals surface area contributed by atoms with Gasteiger partial charge in [0.05, 0.1) is 22.5 Å². The number of rotatable bonds is 10. The standard InChI is InChI=1S/C64H42N4O8S2/c1-34(35-10-8-12-41(26-35)65-63(75)37-18-22-47-49(30-37)61(73)55(59(47)71)57-53(69)32-39-28-45(20-24-51(39)67-57)77-43-14-4-2-5-15-43)36-11-9-13-42(27-36)66-64(76)38-19-23-48-50(31-38)62(74)56(60(48)72)58-54(70)33-40-29-46(21-25-52(40)68-58)78-44-16-6-3-7-17-44/h2-34,67-70H,1H3,(H,65,75)(H,66,76)/b57-55+,58-56+. The van der Waals surface area contributed by atoms with Crippen LogP contribution in [0.25, 0.3) is 12.2 Å². The maximum absolute atomic E-state index is 13.9. The molecule has 0 spiro atoms. The van der Waals surface area contributed by atoms with Crippen LogP contribution in [0.1, 0.15) is 97.2 Å². The van der Waals surface area contributed by atoms with Crippen LogP contribution in [0.5, 0.6) is 0 Å². The summed E-state index contributed by atoms with van der Waals surface area (Å²) in [5, 5.41) is 34.3. The summed E-state index contributed by atoms with van der Waals surface area (Å²) in [6.07, 6.45) is 3.05. The van der Waals surface area contributed by atoms with Gasteiger partial charge in [0.1, 0.15) is 11.5 Å². The van der Waals surface area contributed by atoms with Gasteiger partial charge >= 0.3 is 0 Å². The van der Waals surface area contributed by atoms with E-state index in [1.807, 2.05) is 128 Å². The van der Waals surface area contributed by atoms with Crippen molar-refractivity contribution in [1.29, 1.82) is 0 Å². The zero-order valence-corrected chi connectivity index (χ0v) is 42.8. The summed E-state index contributed by atoms with van der Waals surface area (Å²) < 4.78 is 0. The SMILES string of the molecule is CC(c1cccc(NC(=O)c2ccc3c(c2)C(=O)/C(=C2/Nc4ccc(Sc5ccccc5)cc4C=C2O)C3=O)c1)c1cccc(NC(=O)c2ccc3c(c2)C(=O)/C(=C2/Nc4ccc(Sc5ccccc5)cc4C=C2O)C3=O)c1. The van der Waals surface area contributed by atoms with Gasteiger partial charge in [0, 0.05) is 92.8 Å². The fraction of sp³-hybridized carbons (Fsp3) is 0.0312. The van der Waals surface area contributed by atoms with E-state index >= 15 is 0 Å². The molecule has 0 saturated heterocycles. The number of carbonyl (C=O) groups is 6. The average molecular weight is 1060 g/mol. The van der Waals surface area contributed by atoms with Crippen LogP contribution in [-0.2, 0) is 0 Å². The number of hydrogen-bond acceptors (Lipinski definition) is 12. The van der Waals surface area contributed by atoms with E-state index in [0.29, 0.717) is 33.9 Å². The van der Waals surface area contributed by atoms with Crippen molar-refractivity contribution in [2.24, 2.45) is 0 Å². The second-order valence-electron chi connectivity index (χ2n) is 18.9. The highest BCUT2D eigenvalue weighted by Crippen LogP contribution is 2.41. The molecule has 8 aromatic carbocycles. The molecule has 14 heteroatoms. The fourth-order valence-corrected chi connectivity index (χ4v) is 11.6. The Kier molecular flexibility index (Phi) is 12.6. The molecule has 0 fully saturated rings. The van der Waals surface area contributed by atoms with Crippen molar-refractivity contribution in [2.75, 3.05) is 21.3 Å². The molecule has 6 N–H and O–H groups in total. The Morgan fingerprint density at radius 1 is 0.436 bits per heavy atom. The van der Waals surface area contributed by atoms with Crippen molar-refractivity contribution in [3.8, 4) is 0 Å². The molecule has 2 aliphatic carbocycles. The van der Waals surface area contributed by atoms with Crippen LogP contribution in [0, 0.1) is 0 Å². The first kappa shape index (κ1) is 49.1. The largest absolute Gasteiger partial charge is 0.506 e. The number of ketones is 4. The van der Waals surface area contributed by atoms with Gasteiger partial charge in [-0.2, -0.15) is 0 Å². The molecule has 0 unspecified atom stereocenters. The van der Waals surface area contributed by atoms with E-state index in [1.54, 1.807) is 47.8 Å². The van der Waals surface area contributed by atoms with Crippen LogP contribution in [-0.4, -0.2) is 45.2 Å². The number of fused-ring (bicyclic) bond motifs is 4. The lowest BCUT2D eigenvalue weighted by molar-refractivity contribution is 0.0971. The molecule has 12 nitrogen and oxygen atoms in total. The van der Waals surface area contributed by atoms with Crippen molar-refractivity contribution >= 4 is 93.4 Å². The van der Waals surface area contributed by atoms with Gasteiger partial charge in [-0.3, -0.25) is 28.8 Å². The Morgan fingerprint density at radius 3 is 1.27 bits per heavy atom. The third kappa shape index (κ3) is 9.29. The zero-order valence-electron chi connectivity index (χ0n) is 41.2. The molecule has 12 rings (SSSR count). The molecule has 0 atom stereocenters. The van der Waals surface area contributed by atoms with E-state index in [4.69, 9.17) is 0 Å². The third-order valence-corrected chi connectivity index (χ3v) is 15.9. The number of aliphatic hydroxyl groups is 2. The summed E-state index contributed by atoms with van der Waals surface area (Å²) >= 11 is 3.13. The van der Waals surface area contributed by atoms with Gasteiger partial charge in [-0.15, -0.1) is 0 Å². The lowest BCUT2D eigenvalue weighted by atomic mass is 9.92. The molecule has 0 radical (unpaired) electrons.